The van der Waals surface area contributed by atoms with Crippen LogP contribution in [0, 0.1) is 13.8 Å². The zero-order valence-corrected chi connectivity index (χ0v) is 12.1. The summed E-state index contributed by atoms with van der Waals surface area (Å²) in [6.45, 7) is 4.08. The number of halogens is 3. The van der Waals surface area contributed by atoms with E-state index in [9.17, 15) is 0 Å². The van der Waals surface area contributed by atoms with E-state index in [1.807, 2.05) is 19.9 Å². The van der Waals surface area contributed by atoms with Crippen molar-refractivity contribution in [3.8, 4) is 11.5 Å². The first-order chi connectivity index (χ1) is 7.97. The zero-order chi connectivity index (χ0) is 13.0. The average molecular weight is 296 g/mol. The van der Waals surface area contributed by atoms with E-state index in [0.29, 0.717) is 10.8 Å². The monoisotopic (exact) mass is 294 g/mol. The van der Waals surface area contributed by atoms with Crippen LogP contribution in [0.5, 0.6) is 11.5 Å². The minimum atomic E-state index is 0.170. The van der Waals surface area contributed by atoms with Crippen molar-refractivity contribution in [2.24, 2.45) is 0 Å². The molecule has 0 heterocycles. The molecule has 17 heavy (non-hydrogen) atoms. The molecule has 0 aliphatic carbocycles. The molecular weight excluding hydrogens is 282 g/mol. The first-order valence-corrected chi connectivity index (χ1v) is 6.08. The number of methoxy groups -OCH3 is 1. The summed E-state index contributed by atoms with van der Waals surface area (Å²) in [7, 11) is 1.61. The predicted octanol–water partition coefficient (Wildman–Crippen LogP) is 4.66. The first kappa shape index (κ1) is 14.5. The summed E-state index contributed by atoms with van der Waals surface area (Å²) < 4.78 is 10.9. The van der Waals surface area contributed by atoms with Gasteiger partial charge in [-0.15, -0.1) is 0 Å². The van der Waals surface area contributed by atoms with Crippen LogP contribution in [0.3, 0.4) is 0 Å². The van der Waals surface area contributed by atoms with Crippen LogP contribution >= 0.6 is 34.8 Å². The molecule has 0 unspecified atom stereocenters. The van der Waals surface area contributed by atoms with Gasteiger partial charge in [-0.25, -0.2) is 0 Å². The largest absolute Gasteiger partial charge is 0.496 e. The maximum absolute atomic E-state index is 6.17. The summed E-state index contributed by atoms with van der Waals surface area (Å²) in [6.07, 6.45) is 1.55. The third-order valence-electron chi connectivity index (χ3n) is 2.27. The third kappa shape index (κ3) is 3.70. The molecule has 0 saturated heterocycles. The Morgan fingerprint density at radius 1 is 1.35 bits per heavy atom. The second-order valence-corrected chi connectivity index (χ2v) is 4.85. The third-order valence-corrected chi connectivity index (χ3v) is 3.05. The Kier molecular flexibility index (Phi) is 5.44. The Morgan fingerprint density at radius 2 is 2.00 bits per heavy atom. The van der Waals surface area contributed by atoms with Crippen molar-refractivity contribution in [2.45, 2.75) is 13.8 Å². The Labute approximate surface area is 116 Å². The van der Waals surface area contributed by atoms with Gasteiger partial charge in [-0.3, -0.25) is 0 Å². The molecule has 0 fully saturated rings. The van der Waals surface area contributed by atoms with Crippen molar-refractivity contribution >= 4 is 34.8 Å². The van der Waals surface area contributed by atoms with Crippen molar-refractivity contribution in [2.75, 3.05) is 13.7 Å². The summed E-state index contributed by atoms with van der Waals surface area (Å²) in [5.41, 5.74) is 1.82. The van der Waals surface area contributed by atoms with E-state index in [4.69, 9.17) is 44.3 Å². The van der Waals surface area contributed by atoms with Crippen molar-refractivity contribution < 1.29 is 9.47 Å². The van der Waals surface area contributed by atoms with Gasteiger partial charge in [-0.05, 0) is 31.6 Å². The molecule has 94 valence electrons. The van der Waals surface area contributed by atoms with Crippen molar-refractivity contribution in [3.63, 3.8) is 0 Å². The zero-order valence-electron chi connectivity index (χ0n) is 9.81. The second kappa shape index (κ2) is 6.39. The number of aryl methyl sites for hydroxylation is 1. The average Bonchev–Trinajstić information content (AvgIpc) is 2.25. The highest BCUT2D eigenvalue weighted by Crippen LogP contribution is 2.37. The van der Waals surface area contributed by atoms with Gasteiger partial charge in [0.1, 0.15) is 22.6 Å². The molecule has 0 aliphatic rings. The highest BCUT2D eigenvalue weighted by Gasteiger charge is 2.12. The van der Waals surface area contributed by atoms with Gasteiger partial charge in [-0.1, -0.05) is 34.8 Å². The molecule has 5 heteroatoms. The summed E-state index contributed by atoms with van der Waals surface area (Å²) in [4.78, 5) is 0. The molecule has 0 aromatic heterocycles. The summed E-state index contributed by atoms with van der Waals surface area (Å²) in [5, 5.41) is 0.534. The summed E-state index contributed by atoms with van der Waals surface area (Å²) in [6, 6.07) is 1.82. The van der Waals surface area contributed by atoms with Crippen molar-refractivity contribution in [3.05, 3.63) is 32.8 Å². The SMILES string of the molecule is COc1c(C)cc(OCC=C(Cl)Cl)c(Cl)c1C. The lowest BCUT2D eigenvalue weighted by Gasteiger charge is -2.14. The lowest BCUT2D eigenvalue weighted by Crippen LogP contribution is -1.98. The highest BCUT2D eigenvalue weighted by molar-refractivity contribution is 6.55. The number of benzene rings is 1. The Bertz CT molecular complexity index is 438. The Morgan fingerprint density at radius 3 is 2.53 bits per heavy atom. The summed E-state index contributed by atoms with van der Waals surface area (Å²) >= 11 is 17.1. The molecule has 0 N–H and O–H groups in total. The number of hydrogen-bond donors (Lipinski definition) is 0. The van der Waals surface area contributed by atoms with E-state index < -0.39 is 0 Å². The standard InChI is InChI=1S/C12H13Cl3O2/c1-7-6-9(17-5-4-10(13)14)11(15)8(2)12(7)16-3/h4,6H,5H2,1-3H3. The smallest absolute Gasteiger partial charge is 0.139 e. The number of hydrogen-bond acceptors (Lipinski definition) is 2. The molecule has 0 saturated carbocycles. The van der Waals surface area contributed by atoms with Crippen LogP contribution in [0.25, 0.3) is 0 Å². The number of ether oxygens (including phenoxy) is 2. The Balaban J connectivity index is 2.98. The van der Waals surface area contributed by atoms with Gasteiger partial charge in [0.25, 0.3) is 0 Å². The van der Waals surface area contributed by atoms with Gasteiger partial charge >= 0.3 is 0 Å². The fourth-order valence-corrected chi connectivity index (χ4v) is 1.84. The van der Waals surface area contributed by atoms with Crippen LogP contribution in [0.15, 0.2) is 16.6 Å². The van der Waals surface area contributed by atoms with Gasteiger partial charge in [0.05, 0.1) is 12.1 Å². The van der Waals surface area contributed by atoms with E-state index in [2.05, 4.69) is 0 Å². The van der Waals surface area contributed by atoms with Gasteiger partial charge in [0.2, 0.25) is 0 Å². The lowest BCUT2D eigenvalue weighted by atomic mass is 10.1. The van der Waals surface area contributed by atoms with Gasteiger partial charge in [-0.2, -0.15) is 0 Å². The topological polar surface area (TPSA) is 18.5 Å². The van der Waals surface area contributed by atoms with Crippen LogP contribution < -0.4 is 9.47 Å². The Hall–Kier alpha value is -0.570. The molecule has 0 radical (unpaired) electrons. The predicted molar refractivity (Wildman–Crippen MR) is 72.8 cm³/mol. The van der Waals surface area contributed by atoms with Crippen LogP contribution in [0.2, 0.25) is 5.02 Å². The van der Waals surface area contributed by atoms with E-state index in [-0.39, 0.29) is 11.1 Å². The van der Waals surface area contributed by atoms with Crippen LogP contribution in [0.4, 0.5) is 0 Å². The second-order valence-electron chi connectivity index (χ2n) is 3.47. The molecule has 2 nitrogen and oxygen atoms in total. The maximum Gasteiger partial charge on any atom is 0.139 e. The van der Waals surface area contributed by atoms with Gasteiger partial charge in [0, 0.05) is 5.56 Å². The fourth-order valence-electron chi connectivity index (χ4n) is 1.52. The van der Waals surface area contributed by atoms with Crippen LogP contribution in [0.1, 0.15) is 11.1 Å². The molecule has 0 bridgehead atoms. The molecular formula is C12H13Cl3O2. The van der Waals surface area contributed by atoms with Crippen molar-refractivity contribution in [1.82, 2.24) is 0 Å². The van der Waals surface area contributed by atoms with E-state index in [0.717, 1.165) is 16.9 Å². The maximum atomic E-state index is 6.17. The minimum absolute atomic E-state index is 0.170. The molecule has 1 aromatic carbocycles. The number of rotatable bonds is 4. The van der Waals surface area contributed by atoms with E-state index >= 15 is 0 Å². The molecule has 1 rings (SSSR count). The quantitative estimate of drug-likeness (QED) is 0.804. The molecule has 1 aromatic rings. The molecule has 0 spiro atoms. The lowest BCUT2D eigenvalue weighted by molar-refractivity contribution is 0.359. The minimum Gasteiger partial charge on any atom is -0.496 e. The fraction of sp³-hybridized carbons (Fsp3) is 0.333. The highest BCUT2D eigenvalue weighted by atomic mass is 35.5. The van der Waals surface area contributed by atoms with Gasteiger partial charge < -0.3 is 9.47 Å². The molecule has 0 amide bonds. The van der Waals surface area contributed by atoms with E-state index in [1.165, 1.54) is 0 Å². The normalized spacial score (nSPS) is 10.0. The van der Waals surface area contributed by atoms with Gasteiger partial charge in [0.15, 0.2) is 0 Å². The first-order valence-electron chi connectivity index (χ1n) is 4.95. The summed E-state index contributed by atoms with van der Waals surface area (Å²) in [5.74, 6) is 1.36. The molecule has 0 atom stereocenters. The molecule has 0 aliphatic heterocycles. The van der Waals surface area contributed by atoms with Crippen LogP contribution in [-0.4, -0.2) is 13.7 Å². The van der Waals surface area contributed by atoms with Crippen LogP contribution in [-0.2, 0) is 0 Å². The van der Waals surface area contributed by atoms with Crippen molar-refractivity contribution in [1.29, 1.82) is 0 Å². The van der Waals surface area contributed by atoms with E-state index in [1.54, 1.807) is 13.2 Å².